The van der Waals surface area contributed by atoms with Gasteiger partial charge in [0.15, 0.2) is 11.4 Å². The van der Waals surface area contributed by atoms with Crippen molar-refractivity contribution in [3.05, 3.63) is 36.2 Å². The number of urea groups is 1. The largest absolute Gasteiger partial charge is 0.509 e. The smallest absolute Gasteiger partial charge is 0.430 e. The molecule has 2 saturated heterocycles. The summed E-state index contributed by atoms with van der Waals surface area (Å²) in [6.07, 6.45) is 0.494. The van der Waals surface area contributed by atoms with Crippen LogP contribution < -0.4 is 5.32 Å². The Morgan fingerprint density at radius 1 is 1.23 bits per heavy atom. The van der Waals surface area contributed by atoms with E-state index in [1.807, 2.05) is 30.3 Å². The molecule has 136 valence electrons. The molecule has 0 aliphatic carbocycles. The van der Waals surface area contributed by atoms with E-state index in [2.05, 4.69) is 15.5 Å². The summed E-state index contributed by atoms with van der Waals surface area (Å²) in [5.41, 5.74) is 0.249. The molecule has 1 aromatic carbocycles. The van der Waals surface area contributed by atoms with E-state index in [9.17, 15) is 9.59 Å². The van der Waals surface area contributed by atoms with Gasteiger partial charge < -0.3 is 24.2 Å². The average molecular weight is 358 g/mol. The number of aromatic nitrogens is 2. The highest BCUT2D eigenvalue weighted by Crippen LogP contribution is 2.31. The van der Waals surface area contributed by atoms with Crippen LogP contribution in [0.15, 0.2) is 34.9 Å². The molecule has 0 saturated carbocycles. The first kappa shape index (κ1) is 16.4. The van der Waals surface area contributed by atoms with Crippen LogP contribution in [-0.2, 0) is 16.0 Å². The summed E-state index contributed by atoms with van der Waals surface area (Å²) < 4.78 is 15.3. The van der Waals surface area contributed by atoms with Gasteiger partial charge >= 0.3 is 12.2 Å². The fourth-order valence-electron chi connectivity index (χ4n) is 3.08. The van der Waals surface area contributed by atoms with Gasteiger partial charge in [0.2, 0.25) is 0 Å². The lowest BCUT2D eigenvalue weighted by Gasteiger charge is -2.36. The molecule has 2 aliphatic heterocycles. The van der Waals surface area contributed by atoms with Crippen LogP contribution in [0.1, 0.15) is 18.7 Å². The third kappa shape index (κ3) is 3.32. The summed E-state index contributed by atoms with van der Waals surface area (Å²) in [5, 5.41) is 6.67. The standard InChI is InChI=1S/C17H18N4O5/c22-15(21-8-6-17(7-9-21)11-24-16(23)25-17)18-10-13-19-14(26-20-13)12-4-2-1-3-5-12/h1-5H,6-11H2,(H,18,22). The van der Waals surface area contributed by atoms with Crippen LogP contribution in [0.3, 0.4) is 0 Å². The van der Waals surface area contributed by atoms with E-state index in [1.54, 1.807) is 4.90 Å². The van der Waals surface area contributed by atoms with Crippen LogP contribution in [-0.4, -0.2) is 52.5 Å². The SMILES string of the molecule is O=C1OCC2(CCN(C(=O)NCc3noc(-c4ccccc4)n3)CC2)O1. The predicted octanol–water partition coefficient (Wildman–Crippen LogP) is 1.95. The van der Waals surface area contributed by atoms with Crippen LogP contribution in [0.25, 0.3) is 11.5 Å². The summed E-state index contributed by atoms with van der Waals surface area (Å²) in [4.78, 5) is 29.4. The quantitative estimate of drug-likeness (QED) is 0.836. The lowest BCUT2D eigenvalue weighted by Crippen LogP contribution is -2.50. The van der Waals surface area contributed by atoms with Crippen LogP contribution in [0.2, 0.25) is 0 Å². The molecule has 4 rings (SSSR count). The number of benzene rings is 1. The molecule has 1 spiro atoms. The molecule has 2 amide bonds. The van der Waals surface area contributed by atoms with Crippen molar-refractivity contribution < 1.29 is 23.6 Å². The molecule has 26 heavy (non-hydrogen) atoms. The van der Waals surface area contributed by atoms with E-state index in [0.717, 1.165) is 5.56 Å². The van der Waals surface area contributed by atoms with Crippen molar-refractivity contribution in [2.45, 2.75) is 25.0 Å². The van der Waals surface area contributed by atoms with Gasteiger partial charge in [0.1, 0.15) is 6.61 Å². The molecular formula is C17H18N4O5. The van der Waals surface area contributed by atoms with Crippen molar-refractivity contribution in [3.8, 4) is 11.5 Å². The van der Waals surface area contributed by atoms with E-state index >= 15 is 0 Å². The Hall–Kier alpha value is -3.10. The van der Waals surface area contributed by atoms with Crippen molar-refractivity contribution in [3.63, 3.8) is 0 Å². The molecule has 2 aliphatic rings. The highest BCUT2D eigenvalue weighted by Gasteiger charge is 2.45. The third-order valence-corrected chi connectivity index (χ3v) is 4.60. The highest BCUT2D eigenvalue weighted by molar-refractivity contribution is 5.74. The molecule has 2 fully saturated rings. The number of amides is 2. The minimum atomic E-state index is -0.630. The van der Waals surface area contributed by atoms with Gasteiger partial charge in [-0.25, -0.2) is 9.59 Å². The maximum Gasteiger partial charge on any atom is 0.509 e. The fourth-order valence-corrected chi connectivity index (χ4v) is 3.08. The zero-order valence-corrected chi connectivity index (χ0v) is 14.0. The first-order chi connectivity index (χ1) is 12.6. The first-order valence-electron chi connectivity index (χ1n) is 8.40. The summed E-state index contributed by atoms with van der Waals surface area (Å²) in [5.74, 6) is 0.821. The number of rotatable bonds is 3. The Kier molecular flexibility index (Phi) is 4.19. The number of nitrogens with one attached hydrogen (secondary N) is 1. The number of carbonyl (C=O) groups excluding carboxylic acids is 2. The van der Waals surface area contributed by atoms with Gasteiger partial charge in [-0.1, -0.05) is 23.4 Å². The van der Waals surface area contributed by atoms with Crippen LogP contribution >= 0.6 is 0 Å². The zero-order chi connectivity index (χ0) is 18.0. The Morgan fingerprint density at radius 2 is 2.00 bits per heavy atom. The second-order valence-corrected chi connectivity index (χ2v) is 6.35. The molecule has 1 N–H and O–H groups in total. The number of piperidine rings is 1. The van der Waals surface area contributed by atoms with E-state index in [1.165, 1.54) is 0 Å². The molecule has 0 unspecified atom stereocenters. The first-order valence-corrected chi connectivity index (χ1v) is 8.40. The molecular weight excluding hydrogens is 340 g/mol. The molecule has 0 atom stereocenters. The normalized spacial score (nSPS) is 18.5. The van der Waals surface area contributed by atoms with Gasteiger partial charge in [-0.05, 0) is 12.1 Å². The predicted molar refractivity (Wildman–Crippen MR) is 87.9 cm³/mol. The van der Waals surface area contributed by atoms with Crippen molar-refractivity contribution >= 4 is 12.2 Å². The molecule has 2 aromatic rings. The van der Waals surface area contributed by atoms with Gasteiger partial charge in [-0.15, -0.1) is 0 Å². The lowest BCUT2D eigenvalue weighted by molar-refractivity contribution is 0.00932. The van der Waals surface area contributed by atoms with Gasteiger partial charge in [0, 0.05) is 31.5 Å². The topological polar surface area (TPSA) is 107 Å². The van der Waals surface area contributed by atoms with Crippen molar-refractivity contribution in [2.75, 3.05) is 19.7 Å². The minimum Gasteiger partial charge on any atom is -0.430 e. The van der Waals surface area contributed by atoms with Gasteiger partial charge in [0.05, 0.1) is 6.54 Å². The minimum absolute atomic E-state index is 0.176. The Balaban J connectivity index is 1.28. The maximum absolute atomic E-state index is 12.3. The van der Waals surface area contributed by atoms with E-state index in [4.69, 9.17) is 14.0 Å². The average Bonchev–Trinajstić information content (AvgIpc) is 3.28. The summed E-state index contributed by atoms with van der Waals surface area (Å²) in [6, 6.07) is 9.21. The van der Waals surface area contributed by atoms with Gasteiger partial charge in [0.25, 0.3) is 5.89 Å². The van der Waals surface area contributed by atoms with Crippen molar-refractivity contribution in [2.24, 2.45) is 0 Å². The number of ether oxygens (including phenoxy) is 2. The molecule has 0 bridgehead atoms. The molecule has 9 nitrogen and oxygen atoms in total. The third-order valence-electron chi connectivity index (χ3n) is 4.60. The van der Waals surface area contributed by atoms with E-state index in [0.29, 0.717) is 37.6 Å². The van der Waals surface area contributed by atoms with Crippen molar-refractivity contribution in [1.29, 1.82) is 0 Å². The number of carbonyl (C=O) groups is 2. The summed E-state index contributed by atoms with van der Waals surface area (Å²) in [6.45, 7) is 1.41. The summed E-state index contributed by atoms with van der Waals surface area (Å²) in [7, 11) is 0. The number of nitrogens with zero attached hydrogens (tertiary/aromatic N) is 3. The molecule has 1 aromatic heterocycles. The molecule has 3 heterocycles. The van der Waals surface area contributed by atoms with Gasteiger partial charge in [-0.3, -0.25) is 0 Å². The second-order valence-electron chi connectivity index (χ2n) is 6.35. The van der Waals surface area contributed by atoms with Crippen LogP contribution in [0.5, 0.6) is 0 Å². The fraction of sp³-hybridized carbons (Fsp3) is 0.412. The zero-order valence-electron chi connectivity index (χ0n) is 14.0. The number of hydrogen-bond donors (Lipinski definition) is 1. The van der Waals surface area contributed by atoms with Gasteiger partial charge in [-0.2, -0.15) is 4.98 Å². The molecule has 0 radical (unpaired) electrons. The Bertz CT molecular complexity index is 798. The molecule has 9 heteroatoms. The Morgan fingerprint density at radius 3 is 2.69 bits per heavy atom. The second kappa shape index (κ2) is 6.66. The highest BCUT2D eigenvalue weighted by atomic mass is 16.8. The number of hydrogen-bond acceptors (Lipinski definition) is 7. The lowest BCUT2D eigenvalue weighted by atomic mass is 9.92. The number of likely N-dealkylation sites (tertiary alicyclic amines) is 1. The van der Waals surface area contributed by atoms with Crippen molar-refractivity contribution in [1.82, 2.24) is 20.4 Å². The van der Waals surface area contributed by atoms with E-state index < -0.39 is 11.8 Å². The Labute approximate surface area is 149 Å². The maximum atomic E-state index is 12.3. The monoisotopic (exact) mass is 358 g/mol. The van der Waals surface area contributed by atoms with E-state index in [-0.39, 0.29) is 19.2 Å². The summed E-state index contributed by atoms with van der Waals surface area (Å²) >= 11 is 0. The van der Waals surface area contributed by atoms with Crippen LogP contribution in [0.4, 0.5) is 9.59 Å². The van der Waals surface area contributed by atoms with Crippen LogP contribution in [0, 0.1) is 0 Å². The number of cyclic esters (lactones) is 1.